The van der Waals surface area contributed by atoms with Gasteiger partial charge in [-0.15, -0.1) is 0 Å². The molecule has 4 heteroatoms. The molecule has 7 aromatic carbocycles. The van der Waals surface area contributed by atoms with Gasteiger partial charge in [0.2, 0.25) is 0 Å². The van der Waals surface area contributed by atoms with Gasteiger partial charge >= 0.3 is 0 Å². The predicted molar refractivity (Wildman–Crippen MR) is 197 cm³/mol. The lowest BCUT2D eigenvalue weighted by Gasteiger charge is -2.10. The molecule has 0 N–H and O–H groups in total. The number of furan rings is 1. The Balaban J connectivity index is 1.15. The van der Waals surface area contributed by atoms with Crippen LogP contribution in [0.5, 0.6) is 0 Å². The fraction of sp³-hybridized carbons (Fsp3) is 0.0227. The number of para-hydroxylation sites is 1. The molecule has 2 aromatic heterocycles. The normalized spacial score (nSPS) is 11.4. The van der Waals surface area contributed by atoms with Crippen LogP contribution in [0.25, 0.3) is 89.1 Å². The molecule has 0 saturated heterocycles. The molecule has 9 aromatic rings. The molecule has 4 nitrogen and oxygen atoms in total. The fourth-order valence-electron chi connectivity index (χ4n) is 6.55. The van der Waals surface area contributed by atoms with E-state index in [1.807, 2.05) is 18.2 Å². The number of hydrogen-bond acceptors (Lipinski definition) is 4. The molecule has 48 heavy (non-hydrogen) atoms. The van der Waals surface area contributed by atoms with Gasteiger partial charge in [-0.2, -0.15) is 0 Å². The van der Waals surface area contributed by atoms with Crippen molar-refractivity contribution in [2.45, 2.75) is 6.92 Å². The molecule has 2 heterocycles. The van der Waals surface area contributed by atoms with Crippen molar-refractivity contribution in [1.82, 2.24) is 15.0 Å². The molecule has 0 fully saturated rings. The largest absolute Gasteiger partial charge is 0.455 e. The number of nitrogens with zero attached hydrogens (tertiary/aromatic N) is 3. The second-order valence-electron chi connectivity index (χ2n) is 12.1. The van der Waals surface area contributed by atoms with Crippen molar-refractivity contribution in [2.24, 2.45) is 0 Å². The highest BCUT2D eigenvalue weighted by Gasteiger charge is 2.16. The Morgan fingerprint density at radius 3 is 1.69 bits per heavy atom. The Labute approximate surface area is 278 Å². The summed E-state index contributed by atoms with van der Waals surface area (Å²) in [4.78, 5) is 15.0. The van der Waals surface area contributed by atoms with Gasteiger partial charge in [0.05, 0.1) is 0 Å². The van der Waals surface area contributed by atoms with Crippen LogP contribution in [-0.4, -0.2) is 15.0 Å². The van der Waals surface area contributed by atoms with E-state index in [0.29, 0.717) is 17.5 Å². The smallest absolute Gasteiger partial charge is 0.164 e. The van der Waals surface area contributed by atoms with E-state index in [1.54, 1.807) is 0 Å². The Morgan fingerprint density at radius 1 is 0.417 bits per heavy atom. The Hall–Kier alpha value is -6.39. The maximum atomic E-state index is 6.40. The molecule has 0 bridgehead atoms. The molecule has 0 amide bonds. The minimum absolute atomic E-state index is 0.625. The summed E-state index contributed by atoms with van der Waals surface area (Å²) in [5.41, 5.74) is 10.3. The summed E-state index contributed by atoms with van der Waals surface area (Å²) in [7, 11) is 0. The molecule has 0 atom stereocenters. The first kappa shape index (κ1) is 27.9. The van der Waals surface area contributed by atoms with Crippen LogP contribution in [0.4, 0.5) is 0 Å². The Kier molecular flexibility index (Phi) is 6.65. The van der Waals surface area contributed by atoms with Gasteiger partial charge in [-0.3, -0.25) is 0 Å². The standard InChI is InChI=1S/C44H29N3O/c1-28-15-26-37(41-40(28)38-13-7-8-14-39(38)48-41)32-19-23-34(24-20-32)43-45-42(33-21-16-31(17-22-33)29-9-3-2-4-10-29)46-44(47-43)36-25-18-30-11-5-6-12-35(30)27-36/h2-27H,1H3. The molecule has 0 saturated carbocycles. The topological polar surface area (TPSA) is 51.8 Å². The van der Waals surface area contributed by atoms with E-state index in [9.17, 15) is 0 Å². The van der Waals surface area contributed by atoms with E-state index in [0.717, 1.165) is 60.7 Å². The zero-order valence-corrected chi connectivity index (χ0v) is 26.3. The molecule has 0 aliphatic carbocycles. The van der Waals surface area contributed by atoms with Gasteiger partial charge in [0, 0.05) is 33.0 Å². The van der Waals surface area contributed by atoms with E-state index in [4.69, 9.17) is 19.4 Å². The van der Waals surface area contributed by atoms with Gasteiger partial charge < -0.3 is 4.42 Å². The molecule has 0 radical (unpaired) electrons. The van der Waals surface area contributed by atoms with E-state index >= 15 is 0 Å². The lowest BCUT2D eigenvalue weighted by molar-refractivity contribution is 0.670. The van der Waals surface area contributed by atoms with Crippen LogP contribution in [0, 0.1) is 6.92 Å². The molecule has 0 aliphatic heterocycles. The third-order valence-electron chi connectivity index (χ3n) is 9.08. The molecule has 0 aliphatic rings. The van der Waals surface area contributed by atoms with Crippen LogP contribution in [0.15, 0.2) is 162 Å². The molecule has 0 spiro atoms. The van der Waals surface area contributed by atoms with Crippen molar-refractivity contribution in [3.63, 3.8) is 0 Å². The van der Waals surface area contributed by atoms with Crippen LogP contribution < -0.4 is 0 Å². The highest BCUT2D eigenvalue weighted by molar-refractivity contribution is 6.11. The summed E-state index contributed by atoms with van der Waals surface area (Å²) in [5.74, 6) is 1.90. The fourth-order valence-corrected chi connectivity index (χ4v) is 6.55. The summed E-state index contributed by atoms with van der Waals surface area (Å²) in [6, 6.07) is 54.5. The van der Waals surface area contributed by atoms with Gasteiger partial charge in [-0.1, -0.05) is 146 Å². The lowest BCUT2D eigenvalue weighted by Crippen LogP contribution is -2.00. The molecule has 0 unspecified atom stereocenters. The Bertz CT molecular complexity index is 2600. The van der Waals surface area contributed by atoms with Gasteiger partial charge in [-0.05, 0) is 52.1 Å². The monoisotopic (exact) mass is 615 g/mol. The van der Waals surface area contributed by atoms with Crippen molar-refractivity contribution in [3.05, 3.63) is 163 Å². The van der Waals surface area contributed by atoms with Crippen molar-refractivity contribution >= 4 is 32.7 Å². The minimum Gasteiger partial charge on any atom is -0.455 e. The van der Waals surface area contributed by atoms with Crippen LogP contribution in [-0.2, 0) is 0 Å². The zero-order chi connectivity index (χ0) is 32.0. The number of hydrogen-bond donors (Lipinski definition) is 0. The SMILES string of the molecule is Cc1ccc(-c2ccc(-c3nc(-c4ccc(-c5ccccc5)cc4)nc(-c4ccc5ccccc5c4)n3)cc2)c2oc3ccccc3c12. The first-order valence-electron chi connectivity index (χ1n) is 16.1. The van der Waals surface area contributed by atoms with E-state index in [-0.39, 0.29) is 0 Å². The van der Waals surface area contributed by atoms with Crippen LogP contribution >= 0.6 is 0 Å². The second-order valence-corrected chi connectivity index (χ2v) is 12.1. The zero-order valence-electron chi connectivity index (χ0n) is 26.3. The molecular weight excluding hydrogens is 587 g/mol. The molecule has 9 rings (SSSR count). The first-order valence-corrected chi connectivity index (χ1v) is 16.1. The summed E-state index contributed by atoms with van der Waals surface area (Å²) in [5, 5.41) is 4.62. The third-order valence-corrected chi connectivity index (χ3v) is 9.08. The maximum Gasteiger partial charge on any atom is 0.164 e. The van der Waals surface area contributed by atoms with Crippen molar-refractivity contribution in [3.8, 4) is 56.4 Å². The quantitative estimate of drug-likeness (QED) is 0.193. The van der Waals surface area contributed by atoms with Crippen molar-refractivity contribution < 1.29 is 4.42 Å². The third kappa shape index (κ3) is 4.91. The summed E-state index contributed by atoms with van der Waals surface area (Å²) < 4.78 is 6.40. The van der Waals surface area contributed by atoms with Gasteiger partial charge in [0.25, 0.3) is 0 Å². The highest BCUT2D eigenvalue weighted by Crippen LogP contribution is 2.38. The number of rotatable bonds is 5. The van der Waals surface area contributed by atoms with E-state index in [2.05, 4.69) is 146 Å². The van der Waals surface area contributed by atoms with E-state index in [1.165, 1.54) is 16.5 Å². The van der Waals surface area contributed by atoms with E-state index < -0.39 is 0 Å². The highest BCUT2D eigenvalue weighted by atomic mass is 16.3. The van der Waals surface area contributed by atoms with Crippen molar-refractivity contribution in [2.75, 3.05) is 0 Å². The van der Waals surface area contributed by atoms with Crippen molar-refractivity contribution in [1.29, 1.82) is 0 Å². The van der Waals surface area contributed by atoms with Crippen LogP contribution in [0.2, 0.25) is 0 Å². The average molecular weight is 616 g/mol. The molecule has 226 valence electrons. The number of aryl methyl sites for hydroxylation is 1. The maximum absolute atomic E-state index is 6.40. The summed E-state index contributed by atoms with van der Waals surface area (Å²) in [6.45, 7) is 2.14. The summed E-state index contributed by atoms with van der Waals surface area (Å²) in [6.07, 6.45) is 0. The van der Waals surface area contributed by atoms with Gasteiger partial charge in [-0.25, -0.2) is 15.0 Å². The Morgan fingerprint density at radius 2 is 0.958 bits per heavy atom. The first-order chi connectivity index (χ1) is 23.7. The second kappa shape index (κ2) is 11.4. The number of fused-ring (bicyclic) bond motifs is 4. The molecular formula is C44H29N3O. The van der Waals surface area contributed by atoms with Crippen LogP contribution in [0.1, 0.15) is 5.56 Å². The lowest BCUT2D eigenvalue weighted by atomic mass is 9.98. The predicted octanol–water partition coefficient (Wildman–Crippen LogP) is 11.6. The van der Waals surface area contributed by atoms with Gasteiger partial charge in [0.1, 0.15) is 11.2 Å². The minimum atomic E-state index is 0.625. The van der Waals surface area contributed by atoms with Gasteiger partial charge in [0.15, 0.2) is 17.5 Å². The number of aromatic nitrogens is 3. The average Bonchev–Trinajstić information content (AvgIpc) is 3.56. The number of benzene rings is 7. The van der Waals surface area contributed by atoms with Crippen LogP contribution in [0.3, 0.4) is 0 Å². The summed E-state index contributed by atoms with van der Waals surface area (Å²) >= 11 is 0.